The summed E-state index contributed by atoms with van der Waals surface area (Å²) in [4.78, 5) is 13.4. The maximum atomic E-state index is 10.9. The van der Waals surface area contributed by atoms with Crippen LogP contribution in [0.25, 0.3) is 0 Å². The lowest BCUT2D eigenvalue weighted by atomic mass is 9.92. The molecule has 0 radical (unpaired) electrons. The molecule has 2 N–H and O–H groups in total. The van der Waals surface area contributed by atoms with Gasteiger partial charge in [0.15, 0.2) is 0 Å². The number of nitrogens with zero attached hydrogens (tertiary/aromatic N) is 1. The number of nitrogens with one attached hydrogen (secondary N) is 2. The topological polar surface area (TPSA) is 44.4 Å². The molecule has 2 atom stereocenters. The predicted octanol–water partition coefficient (Wildman–Crippen LogP) is 1.47. The molecule has 19 heavy (non-hydrogen) atoms. The second-order valence-electron chi connectivity index (χ2n) is 6.25. The summed E-state index contributed by atoms with van der Waals surface area (Å²) in [5.41, 5.74) is 0. The van der Waals surface area contributed by atoms with Gasteiger partial charge in [-0.3, -0.25) is 9.69 Å². The Balaban J connectivity index is 2.36. The fraction of sp³-hybridized carbons (Fsp3) is 0.933. The van der Waals surface area contributed by atoms with Crippen molar-refractivity contribution in [3.05, 3.63) is 0 Å². The molecule has 0 aromatic carbocycles. The van der Waals surface area contributed by atoms with Crippen molar-refractivity contribution in [1.29, 1.82) is 0 Å². The molecule has 0 bridgehead atoms. The first-order valence-electron chi connectivity index (χ1n) is 7.71. The van der Waals surface area contributed by atoms with Crippen molar-refractivity contribution in [1.82, 2.24) is 15.5 Å². The lowest BCUT2D eigenvalue weighted by Crippen LogP contribution is -2.51. The Hall–Kier alpha value is -0.610. The van der Waals surface area contributed by atoms with Gasteiger partial charge < -0.3 is 10.6 Å². The van der Waals surface area contributed by atoms with E-state index >= 15 is 0 Å². The lowest BCUT2D eigenvalue weighted by molar-refractivity contribution is -0.119. The quantitative estimate of drug-likeness (QED) is 0.735. The molecule has 1 aliphatic rings. The van der Waals surface area contributed by atoms with Gasteiger partial charge in [0.2, 0.25) is 5.91 Å². The number of rotatable bonds is 7. The minimum Gasteiger partial charge on any atom is -0.355 e. The molecule has 1 heterocycles. The molecular weight excluding hydrogens is 238 g/mol. The van der Waals surface area contributed by atoms with Crippen molar-refractivity contribution < 1.29 is 4.79 Å². The summed E-state index contributed by atoms with van der Waals surface area (Å²) in [5, 5.41) is 6.58. The Bertz CT molecular complexity index is 268. The smallest absolute Gasteiger partial charge is 0.216 e. The van der Waals surface area contributed by atoms with Gasteiger partial charge in [-0.25, -0.2) is 0 Å². The van der Waals surface area contributed by atoms with E-state index in [-0.39, 0.29) is 5.91 Å². The molecule has 112 valence electrons. The highest BCUT2D eigenvalue weighted by atomic mass is 16.1. The largest absolute Gasteiger partial charge is 0.355 e. The Morgan fingerprint density at radius 2 is 2.11 bits per heavy atom. The highest BCUT2D eigenvalue weighted by molar-refractivity contribution is 5.72. The third-order valence-corrected chi connectivity index (χ3v) is 3.81. The van der Waals surface area contributed by atoms with Gasteiger partial charge in [-0.1, -0.05) is 27.2 Å². The minimum atomic E-state index is 0.0681. The van der Waals surface area contributed by atoms with Crippen LogP contribution in [0, 0.1) is 11.8 Å². The molecule has 0 spiro atoms. The number of likely N-dealkylation sites (tertiary alicyclic amines) is 1. The molecule has 0 aromatic rings. The summed E-state index contributed by atoms with van der Waals surface area (Å²) >= 11 is 0. The average molecular weight is 269 g/mol. The number of amides is 1. The van der Waals surface area contributed by atoms with E-state index in [1.165, 1.54) is 19.4 Å². The number of piperidine rings is 1. The van der Waals surface area contributed by atoms with Crippen molar-refractivity contribution in [2.24, 2.45) is 11.8 Å². The molecule has 4 nitrogen and oxygen atoms in total. The predicted molar refractivity (Wildman–Crippen MR) is 80.2 cm³/mol. The van der Waals surface area contributed by atoms with Gasteiger partial charge in [-0.15, -0.1) is 0 Å². The first-order chi connectivity index (χ1) is 9.01. The zero-order valence-corrected chi connectivity index (χ0v) is 13.0. The standard InChI is InChI=1S/C15H31N3O/c1-5-14-8-15(17-9-12(2)3)11-18(10-14)7-6-16-13(4)19/h12,14-15,17H,5-11H2,1-4H3,(H,16,19). The van der Waals surface area contributed by atoms with Gasteiger partial charge in [-0.2, -0.15) is 0 Å². The fourth-order valence-corrected chi connectivity index (χ4v) is 2.72. The summed E-state index contributed by atoms with van der Waals surface area (Å²) in [5.74, 6) is 1.56. The van der Waals surface area contributed by atoms with Gasteiger partial charge in [0.1, 0.15) is 0 Å². The summed E-state index contributed by atoms with van der Waals surface area (Å²) in [7, 11) is 0. The number of carbonyl (C=O) groups is 1. The molecule has 1 amide bonds. The Morgan fingerprint density at radius 3 is 2.68 bits per heavy atom. The van der Waals surface area contributed by atoms with Crippen LogP contribution < -0.4 is 10.6 Å². The third-order valence-electron chi connectivity index (χ3n) is 3.81. The molecule has 1 aliphatic heterocycles. The van der Waals surface area contributed by atoms with Crippen LogP contribution in [-0.2, 0) is 4.79 Å². The van der Waals surface area contributed by atoms with E-state index in [0.717, 1.165) is 32.1 Å². The van der Waals surface area contributed by atoms with Crippen molar-refractivity contribution in [2.75, 3.05) is 32.7 Å². The van der Waals surface area contributed by atoms with Crippen LogP contribution in [-0.4, -0.2) is 49.6 Å². The van der Waals surface area contributed by atoms with Crippen LogP contribution in [0.2, 0.25) is 0 Å². The molecule has 1 fully saturated rings. The minimum absolute atomic E-state index is 0.0681. The van der Waals surface area contributed by atoms with Gasteiger partial charge in [0, 0.05) is 39.1 Å². The molecule has 0 saturated carbocycles. The number of hydrogen-bond acceptors (Lipinski definition) is 3. The van der Waals surface area contributed by atoms with E-state index < -0.39 is 0 Å². The highest BCUT2D eigenvalue weighted by Gasteiger charge is 2.25. The van der Waals surface area contributed by atoms with E-state index in [1.54, 1.807) is 6.92 Å². The van der Waals surface area contributed by atoms with Crippen LogP contribution >= 0.6 is 0 Å². The van der Waals surface area contributed by atoms with Gasteiger partial charge in [0.05, 0.1) is 0 Å². The molecule has 0 aliphatic carbocycles. The van der Waals surface area contributed by atoms with Crippen molar-refractivity contribution in [2.45, 2.75) is 46.6 Å². The fourth-order valence-electron chi connectivity index (χ4n) is 2.72. The van der Waals surface area contributed by atoms with Crippen LogP contribution in [0.5, 0.6) is 0 Å². The van der Waals surface area contributed by atoms with Crippen LogP contribution in [0.3, 0.4) is 0 Å². The van der Waals surface area contributed by atoms with E-state index in [1.807, 2.05) is 0 Å². The number of hydrogen-bond donors (Lipinski definition) is 2. The average Bonchev–Trinajstić information content (AvgIpc) is 2.35. The summed E-state index contributed by atoms with van der Waals surface area (Å²) in [6.07, 6.45) is 2.54. The van der Waals surface area contributed by atoms with Gasteiger partial charge >= 0.3 is 0 Å². The maximum Gasteiger partial charge on any atom is 0.216 e. The second-order valence-corrected chi connectivity index (χ2v) is 6.25. The highest BCUT2D eigenvalue weighted by Crippen LogP contribution is 2.19. The van der Waals surface area contributed by atoms with E-state index in [0.29, 0.717) is 12.0 Å². The van der Waals surface area contributed by atoms with Crippen LogP contribution in [0.1, 0.15) is 40.5 Å². The molecule has 0 aromatic heterocycles. The van der Waals surface area contributed by atoms with E-state index in [9.17, 15) is 4.79 Å². The maximum absolute atomic E-state index is 10.9. The SMILES string of the molecule is CCC1CC(NCC(C)C)CN(CCNC(C)=O)C1. The van der Waals surface area contributed by atoms with Crippen LogP contribution in [0.15, 0.2) is 0 Å². The number of carbonyl (C=O) groups excluding carboxylic acids is 1. The first-order valence-corrected chi connectivity index (χ1v) is 7.71. The Kier molecular flexibility index (Phi) is 7.39. The van der Waals surface area contributed by atoms with E-state index in [4.69, 9.17) is 0 Å². The van der Waals surface area contributed by atoms with Crippen LogP contribution in [0.4, 0.5) is 0 Å². The lowest BCUT2D eigenvalue weighted by Gasteiger charge is -2.38. The monoisotopic (exact) mass is 269 g/mol. The Labute approximate surface area is 118 Å². The zero-order valence-electron chi connectivity index (χ0n) is 13.0. The summed E-state index contributed by atoms with van der Waals surface area (Å²) in [6, 6.07) is 0.610. The van der Waals surface area contributed by atoms with Gasteiger partial charge in [-0.05, 0) is 24.8 Å². The normalized spacial score (nSPS) is 24.7. The zero-order chi connectivity index (χ0) is 14.3. The van der Waals surface area contributed by atoms with Gasteiger partial charge in [0.25, 0.3) is 0 Å². The molecular formula is C15H31N3O. The molecule has 2 unspecified atom stereocenters. The molecule has 1 saturated heterocycles. The van der Waals surface area contributed by atoms with Crippen molar-refractivity contribution in [3.8, 4) is 0 Å². The molecule has 1 rings (SSSR count). The van der Waals surface area contributed by atoms with E-state index in [2.05, 4.69) is 36.3 Å². The Morgan fingerprint density at radius 1 is 1.37 bits per heavy atom. The van der Waals surface area contributed by atoms with Crippen molar-refractivity contribution >= 4 is 5.91 Å². The third kappa shape index (κ3) is 6.92. The van der Waals surface area contributed by atoms with Crippen molar-refractivity contribution in [3.63, 3.8) is 0 Å². The summed E-state index contributed by atoms with van der Waals surface area (Å²) in [6.45, 7) is 13.5. The first kappa shape index (κ1) is 16.4. The molecule has 4 heteroatoms. The summed E-state index contributed by atoms with van der Waals surface area (Å²) < 4.78 is 0. The second kappa shape index (κ2) is 8.54.